The zero-order chi connectivity index (χ0) is 14.8. The summed E-state index contributed by atoms with van der Waals surface area (Å²) in [4.78, 5) is 22.7. The van der Waals surface area contributed by atoms with Gasteiger partial charge < -0.3 is 9.47 Å². The number of rotatable bonds is 6. The molecule has 0 aliphatic heterocycles. The Balaban J connectivity index is 2.72. The minimum absolute atomic E-state index is 0.252. The summed E-state index contributed by atoms with van der Waals surface area (Å²) < 4.78 is 9.43. The number of ether oxygens (including phenoxy) is 2. The molecule has 6 nitrogen and oxygen atoms in total. The van der Waals surface area contributed by atoms with Crippen LogP contribution in [0.15, 0.2) is 46.7 Å². The summed E-state index contributed by atoms with van der Waals surface area (Å²) >= 11 is 0. The highest BCUT2D eigenvalue weighted by atomic mass is 16.5. The Morgan fingerprint density at radius 1 is 1.50 bits per heavy atom. The maximum Gasteiger partial charge on any atom is 0.398 e. The molecule has 104 valence electrons. The number of carbonyl (C=O) groups is 2. The highest BCUT2D eigenvalue weighted by Gasteiger charge is 2.25. The van der Waals surface area contributed by atoms with Crippen molar-refractivity contribution in [2.75, 3.05) is 13.7 Å². The number of nitrogens with zero attached hydrogens (tertiary/aromatic N) is 2. The second kappa shape index (κ2) is 8.47. The summed E-state index contributed by atoms with van der Waals surface area (Å²) in [7, 11) is 1.24. The van der Waals surface area contributed by atoms with Gasteiger partial charge in [-0.1, -0.05) is 6.08 Å². The lowest BCUT2D eigenvalue weighted by Crippen LogP contribution is -2.17. The Labute approximate surface area is 117 Å². The van der Waals surface area contributed by atoms with Gasteiger partial charge in [0.1, 0.15) is 6.21 Å². The number of esters is 2. The van der Waals surface area contributed by atoms with Gasteiger partial charge in [-0.15, -0.1) is 16.8 Å². The molecule has 0 unspecified atom stereocenters. The van der Waals surface area contributed by atoms with Crippen LogP contribution >= 0.6 is 0 Å². The third-order valence-corrected chi connectivity index (χ3v) is 2.21. The fourth-order valence-electron chi connectivity index (χ4n) is 1.24. The van der Waals surface area contributed by atoms with E-state index in [1.54, 1.807) is 30.7 Å². The maximum absolute atomic E-state index is 11.8. The summed E-state index contributed by atoms with van der Waals surface area (Å²) in [5.41, 5.74) is 0.592. The van der Waals surface area contributed by atoms with Gasteiger partial charge in [0.15, 0.2) is 5.57 Å². The first-order valence-electron chi connectivity index (χ1n) is 5.88. The van der Waals surface area contributed by atoms with Crippen LogP contribution in [-0.4, -0.2) is 37.6 Å². The fourth-order valence-corrected chi connectivity index (χ4v) is 1.24. The standard InChI is InChI=1S/C14H15N2O4/c1-3-4-9-20-14(18)11-7-5-6-8-12(11)16-15-10-13(17)19-2/h3,5-8,10H,1,4,9H2,2H3/q+1/b15-10?,16-12+. The topological polar surface area (TPSA) is 77.3 Å². The molecule has 0 amide bonds. The smallest absolute Gasteiger partial charge is 0.398 e. The molecule has 0 saturated carbocycles. The van der Waals surface area contributed by atoms with Gasteiger partial charge >= 0.3 is 11.9 Å². The van der Waals surface area contributed by atoms with Crippen molar-refractivity contribution in [3.8, 4) is 0 Å². The lowest BCUT2D eigenvalue weighted by Gasteiger charge is -2.03. The highest BCUT2D eigenvalue weighted by molar-refractivity contribution is 6.26. The van der Waals surface area contributed by atoms with Gasteiger partial charge in [-0.3, -0.25) is 0 Å². The Bertz CT molecular complexity index is 501. The van der Waals surface area contributed by atoms with Gasteiger partial charge in [0, 0.05) is 6.42 Å². The molecule has 1 rings (SSSR count). The maximum atomic E-state index is 11.8. The predicted molar refractivity (Wildman–Crippen MR) is 75.2 cm³/mol. The molecule has 6 heteroatoms. The van der Waals surface area contributed by atoms with Crippen LogP contribution in [0.3, 0.4) is 0 Å². The van der Waals surface area contributed by atoms with Crippen molar-refractivity contribution in [2.24, 2.45) is 10.2 Å². The molecule has 0 aromatic rings. The lowest BCUT2D eigenvalue weighted by molar-refractivity contribution is -0.138. The zero-order valence-electron chi connectivity index (χ0n) is 11.1. The molecule has 0 fully saturated rings. The average Bonchev–Trinajstić information content (AvgIpc) is 2.47. The quantitative estimate of drug-likeness (QED) is 0.183. The van der Waals surface area contributed by atoms with E-state index in [-0.39, 0.29) is 12.2 Å². The molecule has 0 heterocycles. The molecule has 0 saturated heterocycles. The SMILES string of the molecule is C=CCCOC(=O)C1=C[CH+]C=C/C1=N\N=CC(=O)OC. The van der Waals surface area contributed by atoms with Crippen LogP contribution in [0.5, 0.6) is 0 Å². The highest BCUT2D eigenvalue weighted by Crippen LogP contribution is 2.11. The van der Waals surface area contributed by atoms with Crippen molar-refractivity contribution in [2.45, 2.75) is 6.42 Å². The molecule has 0 radical (unpaired) electrons. The lowest BCUT2D eigenvalue weighted by atomic mass is 10.0. The van der Waals surface area contributed by atoms with Crippen molar-refractivity contribution in [1.82, 2.24) is 0 Å². The van der Waals surface area contributed by atoms with Crippen molar-refractivity contribution in [3.05, 3.63) is 42.9 Å². The molecule has 0 N–H and O–H groups in total. The van der Waals surface area contributed by atoms with Gasteiger partial charge in [-0.2, -0.15) is 0 Å². The third-order valence-electron chi connectivity index (χ3n) is 2.21. The van der Waals surface area contributed by atoms with Crippen molar-refractivity contribution < 1.29 is 19.1 Å². The molecule has 0 bridgehead atoms. The first-order valence-corrected chi connectivity index (χ1v) is 5.88. The molecule has 0 atom stereocenters. The van der Waals surface area contributed by atoms with Crippen molar-refractivity contribution in [3.63, 3.8) is 0 Å². The van der Waals surface area contributed by atoms with Gasteiger partial charge in [0.2, 0.25) is 5.71 Å². The average molecular weight is 275 g/mol. The van der Waals surface area contributed by atoms with Crippen molar-refractivity contribution >= 4 is 23.9 Å². The van der Waals surface area contributed by atoms with Gasteiger partial charge in [-0.25, -0.2) is 9.59 Å². The molecular weight excluding hydrogens is 260 g/mol. The Morgan fingerprint density at radius 2 is 2.30 bits per heavy atom. The molecular formula is C14H15N2O4+. The van der Waals surface area contributed by atoms with E-state index < -0.39 is 11.9 Å². The van der Waals surface area contributed by atoms with E-state index in [9.17, 15) is 9.59 Å². The van der Waals surface area contributed by atoms with E-state index in [0.717, 1.165) is 6.21 Å². The molecule has 0 spiro atoms. The number of hydrogen-bond donors (Lipinski definition) is 0. The minimum atomic E-state index is -0.625. The van der Waals surface area contributed by atoms with Crippen LogP contribution in [0.1, 0.15) is 6.42 Å². The van der Waals surface area contributed by atoms with Crippen molar-refractivity contribution in [1.29, 1.82) is 0 Å². The van der Waals surface area contributed by atoms with E-state index in [4.69, 9.17) is 4.74 Å². The van der Waals surface area contributed by atoms with Crippen LogP contribution in [0.4, 0.5) is 0 Å². The summed E-state index contributed by atoms with van der Waals surface area (Å²) in [6.45, 7) is 3.79. The van der Waals surface area contributed by atoms with Crippen LogP contribution < -0.4 is 0 Å². The summed E-state index contributed by atoms with van der Waals surface area (Å²) in [5.74, 6) is -1.13. The largest absolute Gasteiger partial charge is 0.465 e. The molecule has 20 heavy (non-hydrogen) atoms. The number of methoxy groups -OCH3 is 1. The van der Waals surface area contributed by atoms with Gasteiger partial charge in [-0.05, 0) is 6.42 Å². The fraction of sp³-hybridized carbons (Fsp3) is 0.214. The molecule has 0 aromatic heterocycles. The number of allylic oxidation sites excluding steroid dienone is 3. The Hall–Kier alpha value is -2.63. The van der Waals surface area contributed by atoms with Gasteiger partial charge in [0.05, 0.1) is 31.9 Å². The summed E-state index contributed by atoms with van der Waals surface area (Å²) in [6, 6.07) is 0. The third kappa shape index (κ3) is 4.93. The van der Waals surface area contributed by atoms with E-state index in [2.05, 4.69) is 21.5 Å². The van der Waals surface area contributed by atoms with Crippen LogP contribution in [0.25, 0.3) is 0 Å². The first-order chi connectivity index (χ1) is 9.69. The van der Waals surface area contributed by atoms with Crippen LogP contribution in [0, 0.1) is 6.42 Å². The van der Waals surface area contributed by atoms with E-state index in [1.165, 1.54) is 7.11 Å². The number of hydrogen-bond acceptors (Lipinski definition) is 6. The minimum Gasteiger partial charge on any atom is -0.465 e. The monoisotopic (exact) mass is 275 g/mol. The first kappa shape index (κ1) is 15.4. The molecule has 1 aliphatic rings. The van der Waals surface area contributed by atoms with E-state index in [0.29, 0.717) is 12.1 Å². The summed E-state index contributed by atoms with van der Waals surface area (Å²) in [6.07, 6.45) is 9.71. The van der Waals surface area contributed by atoms with Crippen LogP contribution in [-0.2, 0) is 19.1 Å². The second-order valence-electron chi connectivity index (χ2n) is 3.60. The van der Waals surface area contributed by atoms with Crippen LogP contribution in [0.2, 0.25) is 0 Å². The molecule has 1 aliphatic carbocycles. The number of carbonyl (C=O) groups excluding carboxylic acids is 2. The summed E-state index contributed by atoms with van der Waals surface area (Å²) in [5, 5.41) is 7.34. The van der Waals surface area contributed by atoms with E-state index in [1.807, 2.05) is 0 Å². The van der Waals surface area contributed by atoms with Gasteiger partial charge in [0.25, 0.3) is 0 Å². The molecule has 0 aromatic carbocycles. The normalized spacial score (nSPS) is 15.7. The Morgan fingerprint density at radius 3 is 3.00 bits per heavy atom. The zero-order valence-corrected chi connectivity index (χ0v) is 11.1. The Kier molecular flexibility index (Phi) is 6.53. The van der Waals surface area contributed by atoms with E-state index >= 15 is 0 Å². The predicted octanol–water partition coefficient (Wildman–Crippen LogP) is 1.41. The second-order valence-corrected chi connectivity index (χ2v) is 3.60.